The zero-order chi connectivity index (χ0) is 30.9. The summed E-state index contributed by atoms with van der Waals surface area (Å²) in [4.78, 5) is 15.3. The Morgan fingerprint density at radius 1 is 1.05 bits per heavy atom. The molecule has 43 heavy (non-hydrogen) atoms. The van der Waals surface area contributed by atoms with Crippen LogP contribution < -0.4 is 10.1 Å². The fraction of sp³-hybridized carbons (Fsp3) is 0.472. The van der Waals surface area contributed by atoms with Crippen LogP contribution in [-0.4, -0.2) is 41.7 Å². The second-order valence-corrected chi connectivity index (χ2v) is 12.3. The van der Waals surface area contributed by atoms with Gasteiger partial charge in [-0.15, -0.1) is 0 Å². The molecule has 1 N–H and O–H groups in total. The smallest absolute Gasteiger partial charge is 0.395 e. The summed E-state index contributed by atoms with van der Waals surface area (Å²) in [6.07, 6.45) is 6.17. The lowest BCUT2D eigenvalue weighted by atomic mass is 9.96. The molecule has 1 aliphatic heterocycles. The van der Waals surface area contributed by atoms with Gasteiger partial charge in [0, 0.05) is 41.9 Å². The number of unbranched alkanes of at least 4 members (excludes halogenated alkanes) is 2. The maximum atomic E-state index is 12.9. The maximum absolute atomic E-state index is 12.9. The number of benzene rings is 2. The summed E-state index contributed by atoms with van der Waals surface area (Å²) in [5.74, 6) is 5.32. The first-order valence-corrected chi connectivity index (χ1v) is 15.4. The van der Waals surface area contributed by atoms with Gasteiger partial charge >= 0.3 is 6.18 Å². The van der Waals surface area contributed by atoms with E-state index in [1.807, 2.05) is 42.5 Å². The molecule has 7 heteroatoms. The number of alkyl halides is 3. The van der Waals surface area contributed by atoms with Crippen molar-refractivity contribution in [2.24, 2.45) is 5.92 Å². The third-order valence-corrected chi connectivity index (χ3v) is 8.00. The van der Waals surface area contributed by atoms with Gasteiger partial charge in [0.1, 0.15) is 11.9 Å². The fourth-order valence-corrected chi connectivity index (χ4v) is 5.45. The Morgan fingerprint density at radius 2 is 1.81 bits per heavy atom. The zero-order valence-electron chi connectivity index (χ0n) is 25.5. The highest BCUT2D eigenvalue weighted by Crippen LogP contribution is 2.33. The number of likely N-dealkylation sites (tertiary alicyclic amines) is 1. The Balaban J connectivity index is 1.25. The first kappa shape index (κ1) is 32.4. The van der Waals surface area contributed by atoms with Gasteiger partial charge in [-0.25, -0.2) is 0 Å². The molecule has 0 saturated carbocycles. The van der Waals surface area contributed by atoms with Crippen molar-refractivity contribution < 1.29 is 22.7 Å². The first-order chi connectivity index (χ1) is 20.5. The van der Waals surface area contributed by atoms with E-state index >= 15 is 0 Å². The lowest BCUT2D eigenvalue weighted by Gasteiger charge is -2.32. The van der Waals surface area contributed by atoms with Crippen molar-refractivity contribution >= 4 is 5.91 Å². The normalized spacial score (nSPS) is 18.0. The Bertz CT molecular complexity index is 1360. The number of nitrogens with one attached hydrogen (secondary N) is 1. The van der Waals surface area contributed by atoms with Crippen molar-refractivity contribution in [3.8, 4) is 17.6 Å². The van der Waals surface area contributed by atoms with E-state index in [1.165, 1.54) is 18.6 Å². The van der Waals surface area contributed by atoms with Gasteiger partial charge in [0.15, 0.2) is 0 Å². The number of allylic oxidation sites excluding steroid dienone is 4. The molecular formula is C36H43F3N2O2. The summed E-state index contributed by atoms with van der Waals surface area (Å²) < 4.78 is 44.9. The highest BCUT2D eigenvalue weighted by molar-refractivity contribution is 5.95. The average Bonchev–Trinajstić information content (AvgIpc) is 2.97. The van der Waals surface area contributed by atoms with Gasteiger partial charge in [-0.1, -0.05) is 74.5 Å². The van der Waals surface area contributed by atoms with Gasteiger partial charge in [-0.3, -0.25) is 9.69 Å². The van der Waals surface area contributed by atoms with Crippen molar-refractivity contribution in [1.82, 2.24) is 10.2 Å². The van der Waals surface area contributed by atoms with E-state index in [0.717, 1.165) is 68.6 Å². The number of hydrogen-bond donors (Lipinski definition) is 1. The lowest BCUT2D eigenvalue weighted by Crippen LogP contribution is -2.43. The van der Waals surface area contributed by atoms with Gasteiger partial charge in [-0.2, -0.15) is 13.2 Å². The minimum Gasteiger partial charge on any atom is -0.490 e. The molecule has 2 aromatic carbocycles. The predicted molar refractivity (Wildman–Crippen MR) is 166 cm³/mol. The minimum atomic E-state index is -4.21. The number of nitrogens with zero attached hydrogens (tertiary/aromatic N) is 1. The molecule has 1 heterocycles. The summed E-state index contributed by atoms with van der Waals surface area (Å²) in [6.45, 7) is 8.90. The second-order valence-electron chi connectivity index (χ2n) is 12.3. The van der Waals surface area contributed by atoms with Crippen molar-refractivity contribution in [1.29, 1.82) is 0 Å². The Morgan fingerprint density at radius 3 is 2.51 bits per heavy atom. The zero-order valence-corrected chi connectivity index (χ0v) is 25.5. The first-order valence-electron chi connectivity index (χ1n) is 15.4. The summed E-state index contributed by atoms with van der Waals surface area (Å²) in [5, 5.41) is 3.17. The molecule has 1 atom stereocenters. The molecule has 0 bridgehead atoms. The van der Waals surface area contributed by atoms with E-state index in [1.54, 1.807) is 6.08 Å². The highest BCUT2D eigenvalue weighted by atomic mass is 19.4. The third-order valence-electron chi connectivity index (χ3n) is 8.00. The van der Waals surface area contributed by atoms with Crippen molar-refractivity contribution in [3.63, 3.8) is 0 Å². The molecular weight excluding hydrogens is 549 g/mol. The van der Waals surface area contributed by atoms with Gasteiger partial charge in [-0.05, 0) is 75.4 Å². The Labute approximate surface area is 254 Å². The van der Waals surface area contributed by atoms with E-state index < -0.39 is 12.1 Å². The number of carbonyl (C=O) groups is 1. The van der Waals surface area contributed by atoms with E-state index in [0.29, 0.717) is 11.1 Å². The summed E-state index contributed by atoms with van der Waals surface area (Å²) >= 11 is 0. The van der Waals surface area contributed by atoms with Crippen molar-refractivity contribution in [3.05, 3.63) is 89.0 Å². The average molecular weight is 593 g/mol. The van der Waals surface area contributed by atoms with Gasteiger partial charge < -0.3 is 10.1 Å². The van der Waals surface area contributed by atoms with E-state index in [-0.39, 0.29) is 24.0 Å². The van der Waals surface area contributed by atoms with Crippen LogP contribution in [0.25, 0.3) is 0 Å². The molecule has 1 saturated heterocycles. The van der Waals surface area contributed by atoms with Crippen LogP contribution in [0.4, 0.5) is 13.2 Å². The van der Waals surface area contributed by atoms with Crippen LogP contribution in [0.3, 0.4) is 0 Å². The standard InChI is InChI=1S/C36H43F3N2O2/c1-4-5-6-21-35(2,3)40-34(42)30-11-8-12-33(25-30)43-32-19-22-41(23-20-32)26-29-10-7-9-28(24-29)14-13-27-15-17-31(18-16-27)36(37,38)39/h7-12,15-17,24-25,31-32H,4-6,18-23,26H2,1-3H3,(H,40,42). The topological polar surface area (TPSA) is 41.6 Å². The van der Waals surface area contributed by atoms with Gasteiger partial charge in [0.05, 0.1) is 5.92 Å². The number of carbonyl (C=O) groups excluding carboxylic acids is 1. The second kappa shape index (κ2) is 14.8. The summed E-state index contributed by atoms with van der Waals surface area (Å²) in [5.41, 5.74) is 2.97. The molecule has 4 rings (SSSR count). The molecule has 1 amide bonds. The molecule has 230 valence electrons. The highest BCUT2D eigenvalue weighted by Gasteiger charge is 2.37. The Kier molecular flexibility index (Phi) is 11.2. The number of rotatable bonds is 10. The van der Waals surface area contributed by atoms with E-state index in [9.17, 15) is 18.0 Å². The van der Waals surface area contributed by atoms with Crippen LogP contribution in [0.2, 0.25) is 0 Å². The molecule has 1 unspecified atom stereocenters. The monoisotopic (exact) mass is 592 g/mol. The molecule has 2 aliphatic rings. The van der Waals surface area contributed by atoms with Crippen LogP contribution in [0.5, 0.6) is 5.75 Å². The van der Waals surface area contributed by atoms with Crippen molar-refractivity contribution in [2.75, 3.05) is 13.1 Å². The number of halogens is 3. The van der Waals surface area contributed by atoms with Crippen LogP contribution in [0.15, 0.2) is 72.3 Å². The SMILES string of the molecule is CCCCCC(C)(C)NC(=O)c1cccc(OC2CCN(Cc3cccc(C#CC4=CCC(C(F)(F)F)C=C4)c3)CC2)c1. The van der Waals surface area contributed by atoms with Gasteiger partial charge in [0.25, 0.3) is 5.91 Å². The van der Waals surface area contributed by atoms with Crippen LogP contribution in [-0.2, 0) is 6.54 Å². The van der Waals surface area contributed by atoms with E-state index in [4.69, 9.17) is 4.74 Å². The minimum absolute atomic E-state index is 0.0674. The fourth-order valence-electron chi connectivity index (χ4n) is 5.45. The maximum Gasteiger partial charge on any atom is 0.395 e. The van der Waals surface area contributed by atoms with Crippen LogP contribution in [0.1, 0.15) is 87.2 Å². The van der Waals surface area contributed by atoms with Crippen molar-refractivity contribution in [2.45, 2.75) is 90.1 Å². The molecule has 0 spiro atoms. The van der Waals surface area contributed by atoms with Crippen LogP contribution >= 0.6 is 0 Å². The lowest BCUT2D eigenvalue weighted by molar-refractivity contribution is -0.160. The predicted octanol–water partition coefficient (Wildman–Crippen LogP) is 8.24. The Hall–Kier alpha value is -3.50. The summed E-state index contributed by atoms with van der Waals surface area (Å²) in [7, 11) is 0. The molecule has 0 aromatic heterocycles. The largest absolute Gasteiger partial charge is 0.490 e. The summed E-state index contributed by atoms with van der Waals surface area (Å²) in [6, 6.07) is 15.5. The number of amides is 1. The van der Waals surface area contributed by atoms with Crippen LogP contribution in [0, 0.1) is 17.8 Å². The quantitative estimate of drug-likeness (QED) is 0.223. The molecule has 1 fully saturated rings. The number of hydrogen-bond acceptors (Lipinski definition) is 3. The number of ether oxygens (including phenoxy) is 1. The van der Waals surface area contributed by atoms with Gasteiger partial charge in [0.2, 0.25) is 0 Å². The molecule has 1 aliphatic carbocycles. The third kappa shape index (κ3) is 10.3. The van der Waals surface area contributed by atoms with E-state index in [2.05, 4.69) is 48.9 Å². The molecule has 0 radical (unpaired) electrons. The molecule has 2 aromatic rings. The number of piperidine rings is 1. The molecule has 4 nitrogen and oxygen atoms in total.